The molecule has 0 amide bonds. The first-order valence-electron chi connectivity index (χ1n) is 6.64. The van der Waals surface area contributed by atoms with Crippen molar-refractivity contribution in [1.29, 1.82) is 5.26 Å². The van der Waals surface area contributed by atoms with Crippen LogP contribution < -0.4 is 0 Å². The summed E-state index contributed by atoms with van der Waals surface area (Å²) < 4.78 is 13.3. The molecular formula is C15H20FN3. The number of nitrogens with zero attached hydrogens (tertiary/aromatic N) is 3. The first kappa shape index (κ1) is 14.0. The van der Waals surface area contributed by atoms with Gasteiger partial charge in [0.1, 0.15) is 5.82 Å². The predicted molar refractivity (Wildman–Crippen MR) is 73.1 cm³/mol. The molecule has 1 heterocycles. The summed E-state index contributed by atoms with van der Waals surface area (Å²) in [4.78, 5) is 4.65. The molecule has 1 aromatic carbocycles. The minimum atomic E-state index is -0.274. The van der Waals surface area contributed by atoms with Gasteiger partial charge in [-0.2, -0.15) is 5.26 Å². The van der Waals surface area contributed by atoms with Crippen molar-refractivity contribution in [3.05, 3.63) is 35.1 Å². The maximum Gasteiger partial charge on any atom is 0.123 e. The molecule has 4 heteroatoms. The Morgan fingerprint density at radius 2 is 1.95 bits per heavy atom. The summed E-state index contributed by atoms with van der Waals surface area (Å²) in [5.74, 6) is -0.274. The second kappa shape index (κ2) is 5.68. The van der Waals surface area contributed by atoms with E-state index in [1.807, 2.05) is 0 Å². The molecule has 0 aromatic heterocycles. The zero-order chi connectivity index (χ0) is 14.0. The van der Waals surface area contributed by atoms with Crippen molar-refractivity contribution < 1.29 is 4.39 Å². The normalized spacial score (nSPS) is 25.2. The Morgan fingerprint density at radius 1 is 1.32 bits per heavy atom. The summed E-state index contributed by atoms with van der Waals surface area (Å²) in [6.07, 6.45) is 0. The molecule has 19 heavy (non-hydrogen) atoms. The van der Waals surface area contributed by atoms with Gasteiger partial charge in [0.2, 0.25) is 0 Å². The van der Waals surface area contributed by atoms with Crippen molar-refractivity contribution in [1.82, 2.24) is 9.80 Å². The van der Waals surface area contributed by atoms with Gasteiger partial charge in [0.05, 0.1) is 11.6 Å². The monoisotopic (exact) mass is 261 g/mol. The first-order chi connectivity index (χ1) is 9.01. The van der Waals surface area contributed by atoms with Gasteiger partial charge >= 0.3 is 0 Å². The fourth-order valence-electron chi connectivity index (χ4n) is 2.69. The zero-order valence-electron chi connectivity index (χ0n) is 11.7. The SMILES string of the molecule is CC1CN(Cc2cc(F)ccc2C#N)CC(C)N1C. The van der Waals surface area contributed by atoms with Crippen molar-refractivity contribution in [2.24, 2.45) is 0 Å². The van der Waals surface area contributed by atoms with Crippen molar-refractivity contribution >= 4 is 0 Å². The van der Waals surface area contributed by atoms with Gasteiger partial charge in [0.25, 0.3) is 0 Å². The predicted octanol–water partition coefficient (Wildman–Crippen LogP) is 2.22. The highest BCUT2D eigenvalue weighted by Gasteiger charge is 2.26. The minimum absolute atomic E-state index is 0.274. The van der Waals surface area contributed by atoms with Crippen molar-refractivity contribution in [2.45, 2.75) is 32.5 Å². The van der Waals surface area contributed by atoms with Crippen LogP contribution in [0.5, 0.6) is 0 Å². The molecule has 1 aromatic rings. The summed E-state index contributed by atoms with van der Waals surface area (Å²) in [6, 6.07) is 7.48. The standard InChI is InChI=1S/C15H20FN3/c1-11-8-19(9-12(2)18(11)3)10-14-6-15(16)5-4-13(14)7-17/h4-6,11-12H,8-10H2,1-3H3. The molecule has 1 fully saturated rings. The molecule has 0 spiro atoms. The van der Waals surface area contributed by atoms with E-state index >= 15 is 0 Å². The Bertz CT molecular complexity index is 483. The molecule has 0 bridgehead atoms. The fraction of sp³-hybridized carbons (Fsp3) is 0.533. The number of hydrogen-bond acceptors (Lipinski definition) is 3. The van der Waals surface area contributed by atoms with E-state index in [1.54, 1.807) is 6.07 Å². The summed E-state index contributed by atoms with van der Waals surface area (Å²) in [6.45, 7) is 6.92. The third kappa shape index (κ3) is 3.12. The molecule has 1 aliphatic rings. The largest absolute Gasteiger partial charge is 0.298 e. The van der Waals surface area contributed by atoms with Gasteiger partial charge in [-0.25, -0.2) is 4.39 Å². The number of piperazine rings is 1. The van der Waals surface area contributed by atoms with Crippen LogP contribution in [0.3, 0.4) is 0 Å². The zero-order valence-corrected chi connectivity index (χ0v) is 11.7. The Hall–Kier alpha value is -1.44. The molecule has 0 radical (unpaired) electrons. The Balaban J connectivity index is 2.14. The van der Waals surface area contributed by atoms with Crippen LogP contribution in [-0.4, -0.2) is 42.0 Å². The van der Waals surface area contributed by atoms with Crippen LogP contribution >= 0.6 is 0 Å². The average molecular weight is 261 g/mol. The smallest absolute Gasteiger partial charge is 0.123 e. The Labute approximate surface area is 114 Å². The number of likely N-dealkylation sites (N-methyl/N-ethyl adjacent to an activating group) is 1. The van der Waals surface area contributed by atoms with Crippen molar-refractivity contribution in [3.8, 4) is 6.07 Å². The lowest BCUT2D eigenvalue weighted by Crippen LogP contribution is -2.54. The Kier molecular flexibility index (Phi) is 4.18. The van der Waals surface area contributed by atoms with Crippen molar-refractivity contribution in [2.75, 3.05) is 20.1 Å². The summed E-state index contributed by atoms with van der Waals surface area (Å²) in [5.41, 5.74) is 1.35. The van der Waals surface area contributed by atoms with Gasteiger partial charge in [0.15, 0.2) is 0 Å². The molecule has 0 N–H and O–H groups in total. The van der Waals surface area contributed by atoms with Crippen LogP contribution in [0, 0.1) is 17.1 Å². The van der Waals surface area contributed by atoms with Crippen molar-refractivity contribution in [3.63, 3.8) is 0 Å². The third-order valence-corrected chi connectivity index (χ3v) is 4.02. The second-order valence-electron chi connectivity index (χ2n) is 5.47. The van der Waals surface area contributed by atoms with E-state index in [0.29, 0.717) is 24.2 Å². The Morgan fingerprint density at radius 3 is 2.53 bits per heavy atom. The molecule has 1 aliphatic heterocycles. The molecule has 2 rings (SSSR count). The van der Waals surface area contributed by atoms with Crippen LogP contribution in [0.25, 0.3) is 0 Å². The molecule has 2 unspecified atom stereocenters. The van der Waals surface area contributed by atoms with Gasteiger partial charge in [-0.15, -0.1) is 0 Å². The molecule has 3 nitrogen and oxygen atoms in total. The fourth-order valence-corrected chi connectivity index (χ4v) is 2.69. The van der Waals surface area contributed by atoms with Gasteiger partial charge in [0, 0.05) is 31.7 Å². The molecule has 0 aliphatic carbocycles. The third-order valence-electron chi connectivity index (χ3n) is 4.02. The van der Waals surface area contributed by atoms with E-state index in [4.69, 9.17) is 5.26 Å². The number of rotatable bonds is 2. The summed E-state index contributed by atoms with van der Waals surface area (Å²) >= 11 is 0. The van der Waals surface area contributed by atoms with E-state index in [9.17, 15) is 4.39 Å². The topological polar surface area (TPSA) is 30.3 Å². The number of hydrogen-bond donors (Lipinski definition) is 0. The van der Waals surface area contributed by atoms with Crippen LogP contribution in [0.1, 0.15) is 25.0 Å². The molecular weight excluding hydrogens is 241 g/mol. The molecule has 0 saturated carbocycles. The molecule has 102 valence electrons. The average Bonchev–Trinajstić information content (AvgIpc) is 2.36. The quantitative estimate of drug-likeness (QED) is 0.817. The highest BCUT2D eigenvalue weighted by atomic mass is 19.1. The van der Waals surface area contributed by atoms with Crippen LogP contribution in [-0.2, 0) is 6.54 Å². The second-order valence-corrected chi connectivity index (χ2v) is 5.47. The lowest BCUT2D eigenvalue weighted by molar-refractivity contribution is 0.0555. The van der Waals surface area contributed by atoms with Crippen LogP contribution in [0.4, 0.5) is 4.39 Å². The molecule has 2 atom stereocenters. The van der Waals surface area contributed by atoms with Crippen LogP contribution in [0.2, 0.25) is 0 Å². The summed E-state index contributed by atoms with van der Waals surface area (Å²) in [7, 11) is 2.13. The van der Waals surface area contributed by atoms with E-state index in [0.717, 1.165) is 18.7 Å². The van der Waals surface area contributed by atoms with Gasteiger partial charge in [-0.3, -0.25) is 9.80 Å². The van der Waals surface area contributed by atoms with E-state index in [2.05, 4.69) is 36.8 Å². The van der Waals surface area contributed by atoms with Crippen LogP contribution in [0.15, 0.2) is 18.2 Å². The maximum absolute atomic E-state index is 13.3. The highest BCUT2D eigenvalue weighted by Crippen LogP contribution is 2.18. The molecule has 1 saturated heterocycles. The maximum atomic E-state index is 13.3. The van der Waals surface area contributed by atoms with E-state index in [1.165, 1.54) is 12.1 Å². The first-order valence-corrected chi connectivity index (χ1v) is 6.64. The number of halogens is 1. The van der Waals surface area contributed by atoms with Gasteiger partial charge < -0.3 is 0 Å². The summed E-state index contributed by atoms with van der Waals surface area (Å²) in [5, 5.41) is 9.09. The number of benzene rings is 1. The van der Waals surface area contributed by atoms with E-state index in [-0.39, 0.29) is 5.82 Å². The van der Waals surface area contributed by atoms with Gasteiger partial charge in [-0.05, 0) is 44.7 Å². The lowest BCUT2D eigenvalue weighted by atomic mass is 10.0. The van der Waals surface area contributed by atoms with E-state index < -0.39 is 0 Å². The van der Waals surface area contributed by atoms with Gasteiger partial charge in [-0.1, -0.05) is 0 Å². The highest BCUT2D eigenvalue weighted by molar-refractivity contribution is 5.37. The number of nitriles is 1. The minimum Gasteiger partial charge on any atom is -0.298 e. The lowest BCUT2D eigenvalue weighted by Gasteiger charge is -2.42.